The van der Waals surface area contributed by atoms with Gasteiger partial charge in [0.05, 0.1) is 11.6 Å². The number of hydrogen-bond donors (Lipinski definition) is 1. The maximum absolute atomic E-state index is 12.0. The number of halogens is 3. The highest BCUT2D eigenvalue weighted by molar-refractivity contribution is 9.10. The molecule has 9 heteroatoms. The van der Waals surface area contributed by atoms with Gasteiger partial charge >= 0.3 is 0 Å². The molecule has 0 atom stereocenters. The van der Waals surface area contributed by atoms with Gasteiger partial charge < -0.3 is 5.32 Å². The minimum absolute atomic E-state index is 0.0580. The largest absolute Gasteiger partial charge is 0.347 e. The number of nitrogens with one attached hydrogen (secondary N) is 1. The van der Waals surface area contributed by atoms with Crippen LogP contribution in [-0.2, 0) is 15.6 Å². The molecule has 1 amide bonds. The highest BCUT2D eigenvalue weighted by Crippen LogP contribution is 2.25. The second-order valence-corrected chi connectivity index (χ2v) is 9.19. The number of carbonyl (C=O) groups excluding carboxylic acids is 1. The van der Waals surface area contributed by atoms with E-state index in [4.69, 9.17) is 22.3 Å². The number of benzene rings is 1. The Morgan fingerprint density at radius 1 is 1.29 bits per heavy atom. The summed E-state index contributed by atoms with van der Waals surface area (Å²) in [4.78, 5) is 12.7. The topological polar surface area (TPSA) is 63.2 Å². The van der Waals surface area contributed by atoms with Gasteiger partial charge in [-0.05, 0) is 46.3 Å². The molecule has 0 spiro atoms. The van der Waals surface area contributed by atoms with Crippen molar-refractivity contribution in [2.45, 2.75) is 10.8 Å². The summed E-state index contributed by atoms with van der Waals surface area (Å²) >= 11 is 10.1. The van der Waals surface area contributed by atoms with Crippen molar-refractivity contribution >= 4 is 64.5 Å². The van der Waals surface area contributed by atoms with Crippen molar-refractivity contribution in [1.29, 1.82) is 0 Å². The van der Waals surface area contributed by atoms with E-state index < -0.39 is 9.05 Å². The van der Waals surface area contributed by atoms with Crippen molar-refractivity contribution in [3.8, 4) is 0 Å². The molecule has 0 aliphatic heterocycles. The predicted molar refractivity (Wildman–Crippen MR) is 87.7 cm³/mol. The third kappa shape index (κ3) is 4.43. The number of carbonyl (C=O) groups is 1. The summed E-state index contributed by atoms with van der Waals surface area (Å²) in [5.41, 5.74) is 0.452. The van der Waals surface area contributed by atoms with E-state index in [-0.39, 0.29) is 16.7 Å². The average Bonchev–Trinajstić information content (AvgIpc) is 2.88. The Balaban J connectivity index is 2.04. The van der Waals surface area contributed by atoms with Gasteiger partial charge in [-0.2, -0.15) is 0 Å². The lowest BCUT2D eigenvalue weighted by molar-refractivity contribution is 0.0951. The molecular weight excluding hydrogens is 421 g/mol. The predicted octanol–water partition coefficient (Wildman–Crippen LogP) is 4.02. The summed E-state index contributed by atoms with van der Waals surface area (Å²) in [6, 6.07) is 7.85. The monoisotopic (exact) mass is 427 g/mol. The maximum atomic E-state index is 12.0. The highest BCUT2D eigenvalue weighted by atomic mass is 79.9. The molecule has 0 unspecified atom stereocenters. The third-order valence-corrected chi connectivity index (χ3v) is 6.87. The van der Waals surface area contributed by atoms with Crippen LogP contribution in [0.2, 0.25) is 5.02 Å². The van der Waals surface area contributed by atoms with E-state index in [1.807, 2.05) is 0 Å². The van der Waals surface area contributed by atoms with Gasteiger partial charge in [0.1, 0.15) is 4.21 Å². The van der Waals surface area contributed by atoms with Crippen molar-refractivity contribution in [2.75, 3.05) is 0 Å². The summed E-state index contributed by atoms with van der Waals surface area (Å²) in [5, 5.41) is 3.21. The molecule has 0 aliphatic rings. The van der Waals surface area contributed by atoms with Gasteiger partial charge in [0, 0.05) is 25.6 Å². The molecule has 2 rings (SSSR count). The smallest absolute Gasteiger partial charge is 0.270 e. The van der Waals surface area contributed by atoms with Crippen LogP contribution in [0.3, 0.4) is 0 Å². The van der Waals surface area contributed by atoms with Crippen LogP contribution in [0, 0.1) is 0 Å². The normalized spacial score (nSPS) is 11.4. The van der Waals surface area contributed by atoms with E-state index in [0.717, 1.165) is 11.3 Å². The zero-order valence-electron chi connectivity index (χ0n) is 10.3. The lowest BCUT2D eigenvalue weighted by Crippen LogP contribution is -2.22. The highest BCUT2D eigenvalue weighted by Gasteiger charge is 2.14. The van der Waals surface area contributed by atoms with Gasteiger partial charge in [-0.3, -0.25) is 4.79 Å². The van der Waals surface area contributed by atoms with E-state index in [9.17, 15) is 13.2 Å². The zero-order chi connectivity index (χ0) is 15.6. The molecule has 0 aliphatic carbocycles. The molecule has 21 heavy (non-hydrogen) atoms. The van der Waals surface area contributed by atoms with Gasteiger partial charge in [0.2, 0.25) is 0 Å². The standard InChI is InChI=1S/C12H8BrCl2NO3S2/c13-9-5-7(1-3-10(9)14)12(17)16-6-8-2-4-11(20-8)21(15,18)19/h1-5H,6H2,(H,16,17). The van der Waals surface area contributed by atoms with Gasteiger partial charge in [-0.15, -0.1) is 11.3 Å². The van der Waals surface area contributed by atoms with Crippen LogP contribution in [0.5, 0.6) is 0 Å². The van der Waals surface area contributed by atoms with Crippen LogP contribution in [0.4, 0.5) is 0 Å². The lowest BCUT2D eigenvalue weighted by Gasteiger charge is -2.05. The molecule has 1 N–H and O–H groups in total. The molecule has 112 valence electrons. The Morgan fingerprint density at radius 3 is 2.57 bits per heavy atom. The first-order valence-electron chi connectivity index (χ1n) is 5.54. The number of rotatable bonds is 4. The molecule has 0 fully saturated rings. The summed E-state index contributed by atoms with van der Waals surface area (Å²) < 4.78 is 23.0. The molecule has 4 nitrogen and oxygen atoms in total. The van der Waals surface area contributed by atoms with Crippen molar-refractivity contribution < 1.29 is 13.2 Å². The molecule has 1 aromatic carbocycles. The Labute approximate surface area is 143 Å². The SMILES string of the molecule is O=C(NCc1ccc(S(=O)(=O)Cl)s1)c1ccc(Cl)c(Br)c1. The second-order valence-electron chi connectivity index (χ2n) is 3.97. The van der Waals surface area contributed by atoms with Crippen LogP contribution in [0.25, 0.3) is 0 Å². The molecule has 0 saturated heterocycles. The number of thiophene rings is 1. The van der Waals surface area contributed by atoms with Crippen LogP contribution in [0.15, 0.2) is 39.0 Å². The summed E-state index contributed by atoms with van der Waals surface area (Å²) in [7, 11) is 1.51. The van der Waals surface area contributed by atoms with E-state index in [1.165, 1.54) is 6.07 Å². The molecule has 1 heterocycles. The van der Waals surface area contributed by atoms with Gasteiger partial charge in [0.25, 0.3) is 15.0 Å². The fraction of sp³-hybridized carbons (Fsp3) is 0.0833. The van der Waals surface area contributed by atoms with Gasteiger partial charge in [-0.1, -0.05) is 11.6 Å². The summed E-state index contributed by atoms with van der Waals surface area (Å²) in [6.07, 6.45) is 0. The summed E-state index contributed by atoms with van der Waals surface area (Å²) in [6.45, 7) is 0.218. The Morgan fingerprint density at radius 2 is 2.00 bits per heavy atom. The number of hydrogen-bond acceptors (Lipinski definition) is 4. The molecule has 0 radical (unpaired) electrons. The number of amides is 1. The first kappa shape index (κ1) is 16.8. The minimum Gasteiger partial charge on any atom is -0.347 e. The van der Waals surface area contributed by atoms with Crippen molar-refractivity contribution in [3.63, 3.8) is 0 Å². The fourth-order valence-corrected chi connectivity index (χ4v) is 4.05. The molecular formula is C12H8BrCl2NO3S2. The Bertz CT molecular complexity index is 790. The van der Waals surface area contributed by atoms with E-state index in [1.54, 1.807) is 24.3 Å². The van der Waals surface area contributed by atoms with E-state index in [2.05, 4.69) is 21.2 Å². The van der Waals surface area contributed by atoms with Crippen molar-refractivity contribution in [3.05, 3.63) is 50.3 Å². The van der Waals surface area contributed by atoms with Crippen LogP contribution < -0.4 is 5.32 Å². The Hall–Kier alpha value is -0.600. The maximum Gasteiger partial charge on any atom is 0.270 e. The van der Waals surface area contributed by atoms with E-state index >= 15 is 0 Å². The van der Waals surface area contributed by atoms with Crippen molar-refractivity contribution in [2.24, 2.45) is 0 Å². The van der Waals surface area contributed by atoms with Crippen LogP contribution in [0.1, 0.15) is 15.2 Å². The van der Waals surface area contributed by atoms with E-state index in [0.29, 0.717) is 19.9 Å². The average molecular weight is 429 g/mol. The zero-order valence-corrected chi connectivity index (χ0v) is 15.0. The van der Waals surface area contributed by atoms with Crippen LogP contribution in [-0.4, -0.2) is 14.3 Å². The first-order chi connectivity index (χ1) is 9.77. The van der Waals surface area contributed by atoms with Gasteiger partial charge in [0.15, 0.2) is 0 Å². The third-order valence-electron chi connectivity index (χ3n) is 2.48. The first-order valence-corrected chi connectivity index (χ1v) is 9.83. The van der Waals surface area contributed by atoms with Gasteiger partial charge in [-0.25, -0.2) is 8.42 Å². The molecule has 0 saturated carbocycles. The molecule has 2 aromatic rings. The summed E-state index contributed by atoms with van der Waals surface area (Å²) in [5.74, 6) is -0.281. The minimum atomic E-state index is -3.73. The second kappa shape index (κ2) is 6.66. The molecule has 0 bridgehead atoms. The molecule has 1 aromatic heterocycles. The fourth-order valence-electron chi connectivity index (χ4n) is 1.49. The Kier molecular flexibility index (Phi) is 5.32. The van der Waals surface area contributed by atoms with Crippen LogP contribution >= 0.6 is 49.6 Å². The lowest BCUT2D eigenvalue weighted by atomic mass is 10.2. The van der Waals surface area contributed by atoms with Crippen molar-refractivity contribution in [1.82, 2.24) is 5.32 Å². The quantitative estimate of drug-likeness (QED) is 0.748.